The third kappa shape index (κ3) is 7.20. The van der Waals surface area contributed by atoms with Crippen molar-refractivity contribution in [2.24, 2.45) is 17.3 Å². The van der Waals surface area contributed by atoms with Gasteiger partial charge < -0.3 is 9.53 Å². The molecule has 40 heavy (non-hydrogen) atoms. The molecule has 0 radical (unpaired) electrons. The molecule has 2 aliphatic rings. The molecule has 1 aromatic carbocycles. The summed E-state index contributed by atoms with van der Waals surface area (Å²) in [5.74, 6) is 0.101. The molecule has 0 heterocycles. The second-order valence-corrected chi connectivity index (χ2v) is 18.7. The van der Waals surface area contributed by atoms with Crippen LogP contribution in [0.1, 0.15) is 92.1 Å². The molecular formula is C33H54O5SSi. The lowest BCUT2D eigenvalue weighted by molar-refractivity contribution is 0.00642. The fourth-order valence-corrected chi connectivity index (χ4v) is 11.2. The first kappa shape index (κ1) is 33.3. The van der Waals surface area contributed by atoms with Gasteiger partial charge in [-0.25, -0.2) is 0 Å². The molecule has 0 spiro atoms. The standard InChI is InChI=1S/C33H54O5SSi/c1-8-33(9-2,38-40(10-3,11-4)12-5)24-13-15-27(25-37-39(35,36)28-19-17-26(6)18-20-28)29-21-22-30-31(34)16-14-23-32(29,30)7/h13,17-21,24,27,30-31,34H,8-12,14-16,22-23,25H2,1-7H3/b24-13+/t27-,30+,31+,32-/m1/s1. The SMILES string of the molecule is CCC(/C=C/C[C@H](COS(=O)(=O)c1ccc(C)cc1)C1=CC[C@H]2[C@@H](O)CCC[C@]12C)(CC)O[Si](CC)(CC)CC. The van der Waals surface area contributed by atoms with Crippen LogP contribution >= 0.6 is 0 Å². The van der Waals surface area contributed by atoms with Crippen molar-refractivity contribution in [3.63, 3.8) is 0 Å². The summed E-state index contributed by atoms with van der Waals surface area (Å²) >= 11 is 0. The zero-order chi connectivity index (χ0) is 29.6. The van der Waals surface area contributed by atoms with Gasteiger partial charge in [0.1, 0.15) is 0 Å². The van der Waals surface area contributed by atoms with Crippen molar-refractivity contribution in [2.75, 3.05) is 6.61 Å². The van der Waals surface area contributed by atoms with Crippen LogP contribution in [-0.4, -0.2) is 40.2 Å². The molecule has 5 nitrogen and oxygen atoms in total. The molecule has 2 aliphatic carbocycles. The number of hydrogen-bond donors (Lipinski definition) is 1. The number of allylic oxidation sites excluding steroid dienone is 2. The second kappa shape index (κ2) is 13.8. The zero-order valence-electron chi connectivity index (χ0n) is 26.0. The number of aliphatic hydroxyl groups is 1. The highest BCUT2D eigenvalue weighted by molar-refractivity contribution is 7.86. The van der Waals surface area contributed by atoms with E-state index < -0.39 is 18.4 Å². The Bertz CT molecular complexity index is 1110. The monoisotopic (exact) mass is 590 g/mol. The first-order valence-corrected chi connectivity index (χ1v) is 19.6. The molecule has 0 bridgehead atoms. The van der Waals surface area contributed by atoms with Crippen molar-refractivity contribution in [2.45, 2.75) is 128 Å². The minimum atomic E-state index is -3.88. The topological polar surface area (TPSA) is 72.8 Å². The van der Waals surface area contributed by atoms with Gasteiger partial charge in [0.05, 0.1) is 23.2 Å². The summed E-state index contributed by atoms with van der Waals surface area (Å²) in [6.07, 6.45) is 12.6. The molecule has 0 saturated heterocycles. The molecule has 3 rings (SSSR count). The van der Waals surface area contributed by atoms with Crippen molar-refractivity contribution in [1.29, 1.82) is 0 Å². The van der Waals surface area contributed by atoms with Crippen molar-refractivity contribution < 1.29 is 22.1 Å². The molecule has 0 aromatic heterocycles. The lowest BCUT2D eigenvalue weighted by Gasteiger charge is -2.44. The highest BCUT2D eigenvalue weighted by Gasteiger charge is 2.48. The first-order chi connectivity index (χ1) is 18.9. The normalized spacial score (nSPS) is 24.8. The molecule has 7 heteroatoms. The summed E-state index contributed by atoms with van der Waals surface area (Å²) in [6.45, 7) is 15.5. The summed E-state index contributed by atoms with van der Waals surface area (Å²) in [4.78, 5) is 0.189. The van der Waals surface area contributed by atoms with Gasteiger partial charge in [-0.05, 0) is 93.5 Å². The van der Waals surface area contributed by atoms with Crippen LogP contribution in [0.5, 0.6) is 0 Å². The van der Waals surface area contributed by atoms with E-state index in [-0.39, 0.29) is 40.5 Å². The Morgan fingerprint density at radius 1 is 1.10 bits per heavy atom. The van der Waals surface area contributed by atoms with Crippen molar-refractivity contribution in [3.8, 4) is 0 Å². The number of rotatable bonds is 15. The van der Waals surface area contributed by atoms with Gasteiger partial charge in [0, 0.05) is 5.92 Å². The predicted molar refractivity (Wildman–Crippen MR) is 167 cm³/mol. The van der Waals surface area contributed by atoms with Gasteiger partial charge in [-0.15, -0.1) is 0 Å². The fraction of sp³-hybridized carbons (Fsp3) is 0.697. The van der Waals surface area contributed by atoms with Gasteiger partial charge in [-0.1, -0.05) is 83.0 Å². The van der Waals surface area contributed by atoms with Crippen LogP contribution < -0.4 is 0 Å². The van der Waals surface area contributed by atoms with Crippen LogP contribution in [0.3, 0.4) is 0 Å². The van der Waals surface area contributed by atoms with E-state index >= 15 is 0 Å². The van der Waals surface area contributed by atoms with E-state index in [1.165, 1.54) is 5.57 Å². The van der Waals surface area contributed by atoms with Gasteiger partial charge in [0.25, 0.3) is 10.1 Å². The molecule has 0 aliphatic heterocycles. The molecule has 4 atom stereocenters. The van der Waals surface area contributed by atoms with Gasteiger partial charge in [0.2, 0.25) is 0 Å². The van der Waals surface area contributed by atoms with Crippen LogP contribution in [0.15, 0.2) is 53.0 Å². The summed E-state index contributed by atoms with van der Waals surface area (Å²) in [5, 5.41) is 10.8. The average molecular weight is 591 g/mol. The lowest BCUT2D eigenvalue weighted by Crippen LogP contribution is -2.46. The third-order valence-corrected chi connectivity index (χ3v) is 16.3. The van der Waals surface area contributed by atoms with E-state index in [0.717, 1.165) is 62.2 Å². The number of aryl methyl sites for hydroxylation is 1. The van der Waals surface area contributed by atoms with Crippen LogP contribution in [0, 0.1) is 24.2 Å². The zero-order valence-corrected chi connectivity index (χ0v) is 27.9. The van der Waals surface area contributed by atoms with Crippen molar-refractivity contribution in [3.05, 3.63) is 53.6 Å². The molecule has 0 unspecified atom stereocenters. The van der Waals surface area contributed by atoms with E-state index in [1.807, 2.05) is 6.92 Å². The Kier molecular flexibility index (Phi) is 11.5. The Labute approximate surface area is 245 Å². The maximum atomic E-state index is 13.1. The largest absolute Gasteiger partial charge is 0.408 e. The highest BCUT2D eigenvalue weighted by atomic mass is 32.2. The van der Waals surface area contributed by atoms with Gasteiger partial charge in [-0.2, -0.15) is 8.42 Å². The summed E-state index contributed by atoms with van der Waals surface area (Å²) in [6, 6.07) is 10.2. The number of fused-ring (bicyclic) bond motifs is 1. The Morgan fingerprint density at radius 2 is 1.73 bits per heavy atom. The average Bonchev–Trinajstić information content (AvgIpc) is 3.31. The van der Waals surface area contributed by atoms with Gasteiger partial charge >= 0.3 is 0 Å². The Morgan fingerprint density at radius 3 is 2.30 bits per heavy atom. The number of benzene rings is 1. The maximum Gasteiger partial charge on any atom is 0.296 e. The van der Waals surface area contributed by atoms with Gasteiger partial charge in [-0.3, -0.25) is 4.18 Å². The van der Waals surface area contributed by atoms with Crippen LogP contribution in [0.4, 0.5) is 0 Å². The molecule has 1 saturated carbocycles. The van der Waals surface area contributed by atoms with Crippen LogP contribution in [-0.2, 0) is 18.7 Å². The fourth-order valence-electron chi connectivity index (χ4n) is 7.12. The van der Waals surface area contributed by atoms with E-state index in [0.29, 0.717) is 6.42 Å². The highest BCUT2D eigenvalue weighted by Crippen LogP contribution is 2.55. The summed E-state index contributed by atoms with van der Waals surface area (Å²) < 4.78 is 39.1. The molecular weight excluding hydrogens is 537 g/mol. The van der Waals surface area contributed by atoms with Gasteiger partial charge in [0.15, 0.2) is 8.32 Å². The van der Waals surface area contributed by atoms with E-state index in [1.54, 1.807) is 24.3 Å². The van der Waals surface area contributed by atoms with E-state index in [9.17, 15) is 13.5 Å². The summed E-state index contributed by atoms with van der Waals surface area (Å²) in [5.41, 5.74) is 1.82. The third-order valence-electron chi connectivity index (χ3n) is 10.3. The lowest BCUT2D eigenvalue weighted by atomic mass is 9.63. The minimum Gasteiger partial charge on any atom is -0.408 e. The molecule has 1 fully saturated rings. The Hall–Kier alpha value is -1.25. The number of aliphatic hydroxyl groups excluding tert-OH is 1. The molecule has 0 amide bonds. The Balaban J connectivity index is 1.88. The quantitative estimate of drug-likeness (QED) is 0.126. The first-order valence-electron chi connectivity index (χ1n) is 15.7. The van der Waals surface area contributed by atoms with Crippen LogP contribution in [0.2, 0.25) is 18.1 Å². The van der Waals surface area contributed by atoms with Crippen molar-refractivity contribution in [1.82, 2.24) is 0 Å². The molecule has 226 valence electrons. The second-order valence-electron chi connectivity index (χ2n) is 12.4. The van der Waals surface area contributed by atoms with E-state index in [4.69, 9.17) is 8.61 Å². The van der Waals surface area contributed by atoms with Crippen LogP contribution in [0.25, 0.3) is 0 Å². The maximum absolute atomic E-state index is 13.1. The molecule has 1 aromatic rings. The minimum absolute atomic E-state index is 0.0892. The number of hydrogen-bond acceptors (Lipinski definition) is 5. The van der Waals surface area contributed by atoms with Crippen molar-refractivity contribution >= 4 is 18.4 Å². The summed E-state index contributed by atoms with van der Waals surface area (Å²) in [7, 11) is -5.69. The van der Waals surface area contributed by atoms with E-state index in [2.05, 4.69) is 59.8 Å². The molecule has 1 N–H and O–H groups in total. The predicted octanol–water partition coefficient (Wildman–Crippen LogP) is 8.34. The smallest absolute Gasteiger partial charge is 0.296 e.